The molecule has 4 nitrogen and oxygen atoms in total. The van der Waals surface area contributed by atoms with E-state index in [1.807, 2.05) is 6.07 Å². The van der Waals surface area contributed by atoms with E-state index < -0.39 is 0 Å². The highest BCUT2D eigenvalue weighted by atomic mass is 15.3. The molecule has 2 N–H and O–H groups in total. The molecule has 3 rings (SSSR count). The van der Waals surface area contributed by atoms with Gasteiger partial charge in [-0.25, -0.2) is 9.97 Å². The predicted octanol–water partition coefficient (Wildman–Crippen LogP) is 0.650. The van der Waals surface area contributed by atoms with Gasteiger partial charge in [0.05, 0.1) is 0 Å². The molecule has 1 saturated heterocycles. The highest BCUT2D eigenvalue weighted by Gasteiger charge is 2.40. The lowest BCUT2D eigenvalue weighted by Gasteiger charge is -2.36. The van der Waals surface area contributed by atoms with Gasteiger partial charge in [-0.2, -0.15) is 0 Å². The summed E-state index contributed by atoms with van der Waals surface area (Å²) in [5.41, 5.74) is 6.16. The summed E-state index contributed by atoms with van der Waals surface area (Å²) in [5.74, 6) is 2.15. The molecule has 0 spiro atoms. The first kappa shape index (κ1) is 9.09. The van der Waals surface area contributed by atoms with Crippen molar-refractivity contribution in [2.45, 2.75) is 18.9 Å². The topological polar surface area (TPSA) is 55.0 Å². The number of nitrogens with zero attached hydrogens (tertiary/aromatic N) is 3. The zero-order valence-electron chi connectivity index (χ0n) is 8.71. The third kappa shape index (κ3) is 1.49. The van der Waals surface area contributed by atoms with Gasteiger partial charge in [-0.1, -0.05) is 0 Å². The first-order valence-corrected chi connectivity index (χ1v) is 5.62. The quantitative estimate of drug-likeness (QED) is 0.729. The highest BCUT2D eigenvalue weighted by Crippen LogP contribution is 2.36. The van der Waals surface area contributed by atoms with Crippen molar-refractivity contribution >= 4 is 5.95 Å². The van der Waals surface area contributed by atoms with Crippen LogP contribution in [-0.4, -0.2) is 29.1 Å². The molecule has 80 valence electrons. The molecular formula is C11H16N4. The number of hydrogen-bond acceptors (Lipinski definition) is 4. The Morgan fingerprint density at radius 3 is 2.33 bits per heavy atom. The smallest absolute Gasteiger partial charge is 0.225 e. The molecule has 0 amide bonds. The highest BCUT2D eigenvalue weighted by molar-refractivity contribution is 5.31. The molecule has 2 heterocycles. The Hall–Kier alpha value is -1.16. The summed E-state index contributed by atoms with van der Waals surface area (Å²) in [7, 11) is 0. The average molecular weight is 204 g/mol. The average Bonchev–Trinajstić information content (AvgIpc) is 2.54. The summed E-state index contributed by atoms with van der Waals surface area (Å²) in [6, 6.07) is 2.26. The number of piperidine rings is 1. The fraction of sp³-hybridized carbons (Fsp3) is 0.636. The van der Waals surface area contributed by atoms with Gasteiger partial charge in [-0.15, -0.1) is 0 Å². The standard InChI is InChI=1S/C11H16N4/c12-10-8-2-3-9(10)7-15(6-8)11-13-4-1-5-14-11/h1,4-5,8-10H,2-3,6-7,12H2. The lowest BCUT2D eigenvalue weighted by Crippen LogP contribution is -2.49. The van der Waals surface area contributed by atoms with Crippen LogP contribution in [0.4, 0.5) is 5.95 Å². The van der Waals surface area contributed by atoms with Gasteiger partial charge in [-0.3, -0.25) is 0 Å². The molecule has 0 aromatic carbocycles. The minimum atomic E-state index is 0.407. The van der Waals surface area contributed by atoms with Crippen molar-refractivity contribution in [3.05, 3.63) is 18.5 Å². The second-order valence-electron chi connectivity index (χ2n) is 4.63. The van der Waals surface area contributed by atoms with Crippen LogP contribution in [0.1, 0.15) is 12.8 Å². The Morgan fingerprint density at radius 2 is 1.73 bits per heavy atom. The molecule has 2 aliphatic rings. The van der Waals surface area contributed by atoms with Gasteiger partial charge in [-0.05, 0) is 30.7 Å². The fourth-order valence-electron chi connectivity index (χ4n) is 2.88. The largest absolute Gasteiger partial charge is 0.340 e. The summed E-state index contributed by atoms with van der Waals surface area (Å²) < 4.78 is 0. The minimum absolute atomic E-state index is 0.407. The molecule has 1 aliphatic carbocycles. The first-order chi connectivity index (χ1) is 7.34. The van der Waals surface area contributed by atoms with E-state index in [0.29, 0.717) is 17.9 Å². The van der Waals surface area contributed by atoms with E-state index in [-0.39, 0.29) is 0 Å². The Kier molecular flexibility index (Phi) is 2.09. The van der Waals surface area contributed by atoms with Gasteiger partial charge in [0.2, 0.25) is 5.95 Å². The van der Waals surface area contributed by atoms with E-state index in [1.165, 1.54) is 12.8 Å². The van der Waals surface area contributed by atoms with Gasteiger partial charge in [0.15, 0.2) is 0 Å². The SMILES string of the molecule is NC1C2CCC1CN(c1ncccn1)C2. The van der Waals surface area contributed by atoms with E-state index in [0.717, 1.165) is 19.0 Å². The number of aromatic nitrogens is 2. The molecule has 1 aromatic rings. The predicted molar refractivity (Wildman–Crippen MR) is 58.4 cm³/mol. The molecule has 1 aliphatic heterocycles. The number of fused-ring (bicyclic) bond motifs is 2. The van der Waals surface area contributed by atoms with E-state index in [1.54, 1.807) is 12.4 Å². The van der Waals surface area contributed by atoms with Crippen LogP contribution in [0.2, 0.25) is 0 Å². The Morgan fingerprint density at radius 1 is 1.13 bits per heavy atom. The van der Waals surface area contributed by atoms with Gasteiger partial charge in [0.1, 0.15) is 0 Å². The van der Waals surface area contributed by atoms with Gasteiger partial charge in [0, 0.05) is 31.5 Å². The first-order valence-electron chi connectivity index (χ1n) is 5.62. The van der Waals surface area contributed by atoms with Crippen LogP contribution >= 0.6 is 0 Å². The maximum Gasteiger partial charge on any atom is 0.225 e. The molecule has 4 heteroatoms. The third-order valence-electron chi connectivity index (χ3n) is 3.74. The molecular weight excluding hydrogens is 188 g/mol. The van der Waals surface area contributed by atoms with Crippen molar-refractivity contribution in [1.29, 1.82) is 0 Å². The van der Waals surface area contributed by atoms with Gasteiger partial charge < -0.3 is 10.6 Å². The maximum atomic E-state index is 6.16. The summed E-state index contributed by atoms with van der Waals surface area (Å²) in [6.07, 6.45) is 6.15. The van der Waals surface area contributed by atoms with Crippen molar-refractivity contribution in [2.75, 3.05) is 18.0 Å². The molecule has 2 unspecified atom stereocenters. The summed E-state index contributed by atoms with van der Waals surface area (Å²) in [5, 5.41) is 0. The number of nitrogens with two attached hydrogens (primary N) is 1. The Bertz CT molecular complexity index is 326. The second-order valence-corrected chi connectivity index (χ2v) is 4.63. The van der Waals surface area contributed by atoms with Gasteiger partial charge >= 0.3 is 0 Å². The number of anilines is 1. The molecule has 1 aromatic heterocycles. The van der Waals surface area contributed by atoms with Crippen LogP contribution in [0.5, 0.6) is 0 Å². The minimum Gasteiger partial charge on any atom is -0.340 e. The monoisotopic (exact) mass is 204 g/mol. The van der Waals surface area contributed by atoms with Crippen molar-refractivity contribution in [1.82, 2.24) is 9.97 Å². The summed E-state index contributed by atoms with van der Waals surface area (Å²) in [4.78, 5) is 10.9. The van der Waals surface area contributed by atoms with E-state index in [2.05, 4.69) is 14.9 Å². The van der Waals surface area contributed by atoms with Crippen LogP contribution in [0.25, 0.3) is 0 Å². The second kappa shape index (κ2) is 3.45. The Labute approximate surface area is 89.5 Å². The van der Waals surface area contributed by atoms with Crippen LogP contribution in [0.15, 0.2) is 18.5 Å². The fourth-order valence-corrected chi connectivity index (χ4v) is 2.88. The zero-order valence-corrected chi connectivity index (χ0v) is 8.71. The molecule has 2 atom stereocenters. The normalized spacial score (nSPS) is 34.5. The summed E-state index contributed by atoms with van der Waals surface area (Å²) >= 11 is 0. The number of rotatable bonds is 1. The summed E-state index contributed by atoms with van der Waals surface area (Å²) in [6.45, 7) is 2.06. The van der Waals surface area contributed by atoms with Crippen molar-refractivity contribution in [3.63, 3.8) is 0 Å². The molecule has 2 bridgehead atoms. The van der Waals surface area contributed by atoms with E-state index in [4.69, 9.17) is 5.73 Å². The van der Waals surface area contributed by atoms with E-state index in [9.17, 15) is 0 Å². The van der Waals surface area contributed by atoms with Crippen molar-refractivity contribution in [2.24, 2.45) is 17.6 Å². The maximum absolute atomic E-state index is 6.16. The number of hydrogen-bond donors (Lipinski definition) is 1. The van der Waals surface area contributed by atoms with Crippen LogP contribution in [0, 0.1) is 11.8 Å². The molecule has 15 heavy (non-hydrogen) atoms. The molecule has 2 fully saturated rings. The van der Waals surface area contributed by atoms with Crippen LogP contribution in [-0.2, 0) is 0 Å². The third-order valence-corrected chi connectivity index (χ3v) is 3.74. The lowest BCUT2D eigenvalue weighted by molar-refractivity contribution is 0.353. The molecule has 0 radical (unpaired) electrons. The zero-order chi connectivity index (χ0) is 10.3. The Balaban J connectivity index is 1.81. The van der Waals surface area contributed by atoms with Crippen LogP contribution in [0.3, 0.4) is 0 Å². The van der Waals surface area contributed by atoms with Crippen LogP contribution < -0.4 is 10.6 Å². The van der Waals surface area contributed by atoms with E-state index >= 15 is 0 Å². The van der Waals surface area contributed by atoms with Crippen molar-refractivity contribution < 1.29 is 0 Å². The van der Waals surface area contributed by atoms with Gasteiger partial charge in [0.25, 0.3) is 0 Å². The lowest BCUT2D eigenvalue weighted by atomic mass is 9.93. The van der Waals surface area contributed by atoms with Crippen molar-refractivity contribution in [3.8, 4) is 0 Å². The molecule has 1 saturated carbocycles.